The van der Waals surface area contributed by atoms with Crippen molar-refractivity contribution in [3.05, 3.63) is 11.8 Å². The SMILES string of the molecule is Cc1cc(OC(C)C)nc(NC2CCCC(C)CC2)n1. The van der Waals surface area contributed by atoms with E-state index in [1.165, 1.54) is 32.1 Å². The predicted octanol–water partition coefficient (Wildman–Crippen LogP) is 3.95. The van der Waals surface area contributed by atoms with Crippen LogP contribution in [0.5, 0.6) is 5.88 Å². The summed E-state index contributed by atoms with van der Waals surface area (Å²) in [6.07, 6.45) is 6.48. The van der Waals surface area contributed by atoms with E-state index in [2.05, 4.69) is 22.2 Å². The molecule has 1 N–H and O–H groups in total. The molecule has 1 aromatic rings. The van der Waals surface area contributed by atoms with Gasteiger partial charge >= 0.3 is 0 Å². The maximum atomic E-state index is 5.68. The lowest BCUT2D eigenvalue weighted by Gasteiger charge is -2.17. The Morgan fingerprint density at radius 2 is 2.00 bits per heavy atom. The van der Waals surface area contributed by atoms with Crippen molar-refractivity contribution in [1.29, 1.82) is 0 Å². The van der Waals surface area contributed by atoms with Crippen molar-refractivity contribution in [2.45, 2.75) is 71.9 Å². The van der Waals surface area contributed by atoms with Crippen molar-refractivity contribution in [1.82, 2.24) is 9.97 Å². The van der Waals surface area contributed by atoms with E-state index in [4.69, 9.17) is 4.74 Å². The van der Waals surface area contributed by atoms with Crippen molar-refractivity contribution < 1.29 is 4.74 Å². The van der Waals surface area contributed by atoms with Gasteiger partial charge in [-0.1, -0.05) is 19.8 Å². The molecule has 4 nitrogen and oxygen atoms in total. The first-order valence-corrected chi connectivity index (χ1v) is 7.82. The highest BCUT2D eigenvalue weighted by Gasteiger charge is 2.17. The number of nitrogens with zero attached hydrogens (tertiary/aromatic N) is 2. The lowest BCUT2D eigenvalue weighted by molar-refractivity contribution is 0.232. The maximum absolute atomic E-state index is 5.68. The van der Waals surface area contributed by atoms with Crippen LogP contribution >= 0.6 is 0 Å². The Morgan fingerprint density at radius 1 is 1.20 bits per heavy atom. The fourth-order valence-corrected chi connectivity index (χ4v) is 2.72. The van der Waals surface area contributed by atoms with Gasteiger partial charge in [0.2, 0.25) is 11.8 Å². The smallest absolute Gasteiger partial charge is 0.226 e. The van der Waals surface area contributed by atoms with Crippen molar-refractivity contribution >= 4 is 5.95 Å². The van der Waals surface area contributed by atoms with Crippen molar-refractivity contribution in [2.75, 3.05) is 5.32 Å². The summed E-state index contributed by atoms with van der Waals surface area (Å²) in [5.74, 6) is 2.22. The molecule has 2 unspecified atom stereocenters. The van der Waals surface area contributed by atoms with E-state index in [-0.39, 0.29) is 6.10 Å². The molecule has 0 bridgehead atoms. The molecular formula is C16H27N3O. The average molecular weight is 277 g/mol. The number of aromatic nitrogens is 2. The number of hydrogen-bond donors (Lipinski definition) is 1. The highest BCUT2D eigenvalue weighted by Crippen LogP contribution is 2.24. The van der Waals surface area contributed by atoms with Crippen LogP contribution in [0.3, 0.4) is 0 Å². The third kappa shape index (κ3) is 4.66. The summed E-state index contributed by atoms with van der Waals surface area (Å²) in [7, 11) is 0. The fraction of sp³-hybridized carbons (Fsp3) is 0.750. The zero-order valence-corrected chi connectivity index (χ0v) is 13.1. The van der Waals surface area contributed by atoms with Crippen LogP contribution in [-0.4, -0.2) is 22.1 Å². The standard InChI is InChI=1S/C16H27N3O/c1-11(2)20-15-10-13(4)17-16(19-15)18-14-7-5-6-12(3)8-9-14/h10-12,14H,5-9H2,1-4H3,(H,17,18,19). The highest BCUT2D eigenvalue weighted by atomic mass is 16.5. The van der Waals surface area contributed by atoms with E-state index in [1.54, 1.807) is 0 Å². The van der Waals surface area contributed by atoms with Crippen LogP contribution in [-0.2, 0) is 0 Å². The average Bonchev–Trinajstić information content (AvgIpc) is 2.53. The van der Waals surface area contributed by atoms with Gasteiger partial charge < -0.3 is 10.1 Å². The summed E-state index contributed by atoms with van der Waals surface area (Å²) < 4.78 is 5.68. The molecule has 1 fully saturated rings. The van der Waals surface area contributed by atoms with Crippen LogP contribution < -0.4 is 10.1 Å². The largest absolute Gasteiger partial charge is 0.475 e. The van der Waals surface area contributed by atoms with E-state index in [1.807, 2.05) is 26.8 Å². The molecule has 1 aliphatic carbocycles. The Hall–Kier alpha value is -1.32. The molecule has 1 heterocycles. The summed E-state index contributed by atoms with van der Waals surface area (Å²) in [5.41, 5.74) is 0.945. The minimum Gasteiger partial charge on any atom is -0.475 e. The molecule has 0 aromatic carbocycles. The molecule has 1 saturated carbocycles. The molecule has 0 saturated heterocycles. The van der Waals surface area contributed by atoms with Gasteiger partial charge in [-0.2, -0.15) is 4.98 Å². The van der Waals surface area contributed by atoms with E-state index in [0.29, 0.717) is 17.9 Å². The Kier molecular flexibility index (Phi) is 5.21. The molecule has 4 heteroatoms. The Balaban J connectivity index is 2.02. The van der Waals surface area contributed by atoms with E-state index in [9.17, 15) is 0 Å². The molecular weight excluding hydrogens is 250 g/mol. The second-order valence-corrected chi connectivity index (χ2v) is 6.29. The quantitative estimate of drug-likeness (QED) is 0.846. The van der Waals surface area contributed by atoms with Gasteiger partial charge in [0.15, 0.2) is 0 Å². The zero-order valence-electron chi connectivity index (χ0n) is 13.1. The molecule has 0 spiro atoms. The third-order valence-electron chi connectivity index (χ3n) is 3.78. The van der Waals surface area contributed by atoms with Gasteiger partial charge in [-0.15, -0.1) is 0 Å². The van der Waals surface area contributed by atoms with Crippen molar-refractivity contribution in [3.63, 3.8) is 0 Å². The Labute approximate surface area is 122 Å². The van der Waals surface area contributed by atoms with Crippen molar-refractivity contribution in [2.24, 2.45) is 5.92 Å². The van der Waals surface area contributed by atoms with E-state index >= 15 is 0 Å². The fourth-order valence-electron chi connectivity index (χ4n) is 2.72. The number of ether oxygens (including phenoxy) is 1. The first kappa shape index (κ1) is 15.1. The third-order valence-corrected chi connectivity index (χ3v) is 3.78. The van der Waals surface area contributed by atoms with Crippen LogP contribution in [0, 0.1) is 12.8 Å². The summed E-state index contributed by atoms with van der Waals surface area (Å²) in [6.45, 7) is 8.35. The number of hydrogen-bond acceptors (Lipinski definition) is 4. The lowest BCUT2D eigenvalue weighted by Crippen LogP contribution is -2.20. The second kappa shape index (κ2) is 6.91. The molecule has 2 atom stereocenters. The highest BCUT2D eigenvalue weighted by molar-refractivity contribution is 5.31. The van der Waals surface area contributed by atoms with Gasteiger partial charge in [0, 0.05) is 17.8 Å². The molecule has 112 valence electrons. The lowest BCUT2D eigenvalue weighted by atomic mass is 10.0. The summed E-state index contributed by atoms with van der Waals surface area (Å²) in [6, 6.07) is 2.38. The summed E-state index contributed by atoms with van der Waals surface area (Å²) in [5, 5.41) is 3.49. The zero-order chi connectivity index (χ0) is 14.5. The van der Waals surface area contributed by atoms with Crippen LogP contribution in [0.25, 0.3) is 0 Å². The molecule has 2 rings (SSSR count). The Morgan fingerprint density at radius 3 is 2.75 bits per heavy atom. The van der Waals surface area contributed by atoms with Crippen LogP contribution in [0.1, 0.15) is 58.6 Å². The molecule has 1 aromatic heterocycles. The summed E-state index contributed by atoms with van der Waals surface area (Å²) in [4.78, 5) is 8.96. The van der Waals surface area contributed by atoms with Gasteiger partial charge in [0.1, 0.15) is 0 Å². The Bertz CT molecular complexity index is 434. The van der Waals surface area contributed by atoms with Crippen LogP contribution in [0.4, 0.5) is 5.95 Å². The topological polar surface area (TPSA) is 47.0 Å². The predicted molar refractivity (Wildman–Crippen MR) is 82.2 cm³/mol. The summed E-state index contributed by atoms with van der Waals surface area (Å²) >= 11 is 0. The van der Waals surface area contributed by atoms with Gasteiger partial charge in [-0.05, 0) is 46.0 Å². The van der Waals surface area contributed by atoms with Gasteiger partial charge in [0.25, 0.3) is 0 Å². The van der Waals surface area contributed by atoms with Crippen LogP contribution in [0.2, 0.25) is 0 Å². The monoisotopic (exact) mass is 277 g/mol. The van der Waals surface area contributed by atoms with Crippen molar-refractivity contribution in [3.8, 4) is 5.88 Å². The minimum absolute atomic E-state index is 0.135. The maximum Gasteiger partial charge on any atom is 0.226 e. The molecule has 1 aliphatic rings. The molecule has 0 aliphatic heterocycles. The van der Waals surface area contributed by atoms with Gasteiger partial charge in [0.05, 0.1) is 6.10 Å². The number of anilines is 1. The van der Waals surface area contributed by atoms with Crippen LogP contribution in [0.15, 0.2) is 6.07 Å². The normalized spacial score (nSPS) is 23.4. The van der Waals surface area contributed by atoms with E-state index < -0.39 is 0 Å². The number of nitrogens with one attached hydrogen (secondary N) is 1. The molecule has 20 heavy (non-hydrogen) atoms. The minimum atomic E-state index is 0.135. The van der Waals surface area contributed by atoms with Gasteiger partial charge in [-0.25, -0.2) is 4.98 Å². The molecule has 0 amide bonds. The first-order chi connectivity index (χ1) is 9.52. The second-order valence-electron chi connectivity index (χ2n) is 6.29. The number of aryl methyl sites for hydroxylation is 1. The number of rotatable bonds is 4. The molecule has 0 radical (unpaired) electrons. The van der Waals surface area contributed by atoms with Gasteiger partial charge in [-0.3, -0.25) is 0 Å². The van der Waals surface area contributed by atoms with E-state index in [0.717, 1.165) is 11.6 Å². The first-order valence-electron chi connectivity index (χ1n) is 7.82.